The fraction of sp³-hybridized carbons (Fsp3) is 0.235. The van der Waals surface area contributed by atoms with Gasteiger partial charge < -0.3 is 4.74 Å². The number of halogens is 1. The van der Waals surface area contributed by atoms with E-state index in [0.717, 1.165) is 16.5 Å². The number of carbonyl (C=O) groups is 1. The quantitative estimate of drug-likeness (QED) is 0.711. The van der Waals surface area contributed by atoms with Crippen molar-refractivity contribution in [2.24, 2.45) is 0 Å². The number of ether oxygens (including phenoxy) is 1. The van der Waals surface area contributed by atoms with Crippen LogP contribution in [0, 0.1) is 0 Å². The van der Waals surface area contributed by atoms with Crippen LogP contribution in [0.3, 0.4) is 0 Å². The van der Waals surface area contributed by atoms with Gasteiger partial charge in [0, 0.05) is 16.3 Å². The summed E-state index contributed by atoms with van der Waals surface area (Å²) < 4.78 is 5.10. The predicted octanol–water partition coefficient (Wildman–Crippen LogP) is 4.85. The van der Waals surface area contributed by atoms with E-state index in [1.807, 2.05) is 43.3 Å². The van der Waals surface area contributed by atoms with Crippen LogP contribution in [0.1, 0.15) is 22.8 Å². The summed E-state index contributed by atoms with van der Waals surface area (Å²) in [4.78, 5) is 12.3. The SMILES string of the molecule is COc1ccc(C(=O)C(C)SCc2ccc(Cl)cc2)cc1. The first kappa shape index (κ1) is 15.9. The molecule has 0 saturated carbocycles. The highest BCUT2D eigenvalue weighted by molar-refractivity contribution is 7.99. The van der Waals surface area contributed by atoms with Crippen LogP contribution >= 0.6 is 23.4 Å². The average molecular weight is 321 g/mol. The smallest absolute Gasteiger partial charge is 0.175 e. The molecule has 110 valence electrons. The highest BCUT2D eigenvalue weighted by Gasteiger charge is 2.15. The van der Waals surface area contributed by atoms with Crippen LogP contribution in [0.4, 0.5) is 0 Å². The standard InChI is InChI=1S/C17H17ClO2S/c1-12(21-11-13-3-7-15(18)8-4-13)17(19)14-5-9-16(20-2)10-6-14/h3-10,12H,11H2,1-2H3. The molecule has 2 rings (SSSR count). The van der Waals surface area contributed by atoms with Crippen molar-refractivity contribution >= 4 is 29.1 Å². The van der Waals surface area contributed by atoms with E-state index in [4.69, 9.17) is 16.3 Å². The van der Waals surface area contributed by atoms with Crippen molar-refractivity contribution in [1.29, 1.82) is 0 Å². The lowest BCUT2D eigenvalue weighted by atomic mass is 10.1. The molecule has 2 nitrogen and oxygen atoms in total. The molecule has 0 amide bonds. The highest BCUT2D eigenvalue weighted by Crippen LogP contribution is 2.23. The number of thioether (sulfide) groups is 1. The first-order valence-corrected chi connectivity index (χ1v) is 8.07. The van der Waals surface area contributed by atoms with Gasteiger partial charge in [-0.1, -0.05) is 23.7 Å². The molecule has 1 unspecified atom stereocenters. The number of rotatable bonds is 6. The minimum Gasteiger partial charge on any atom is -0.497 e. The molecule has 0 spiro atoms. The number of carbonyl (C=O) groups excluding carboxylic acids is 1. The van der Waals surface area contributed by atoms with Gasteiger partial charge in [0.2, 0.25) is 0 Å². The van der Waals surface area contributed by atoms with Gasteiger partial charge in [-0.15, -0.1) is 11.8 Å². The second-order valence-corrected chi connectivity index (χ2v) is 6.44. The summed E-state index contributed by atoms with van der Waals surface area (Å²) in [6.07, 6.45) is 0. The zero-order valence-electron chi connectivity index (χ0n) is 12.0. The number of benzene rings is 2. The van der Waals surface area contributed by atoms with Crippen molar-refractivity contribution in [3.05, 3.63) is 64.7 Å². The fourth-order valence-corrected chi connectivity index (χ4v) is 2.92. The van der Waals surface area contributed by atoms with Crippen LogP contribution in [0.15, 0.2) is 48.5 Å². The van der Waals surface area contributed by atoms with Crippen LogP contribution in [0.25, 0.3) is 0 Å². The Morgan fingerprint density at radius 2 is 1.76 bits per heavy atom. The molecule has 0 aromatic heterocycles. The maximum atomic E-state index is 12.3. The Hall–Kier alpha value is -1.45. The number of Topliss-reactive ketones (excluding diaryl/α,β-unsaturated/α-hetero) is 1. The first-order chi connectivity index (χ1) is 10.1. The number of methoxy groups -OCH3 is 1. The fourth-order valence-electron chi connectivity index (χ4n) is 1.87. The third-order valence-corrected chi connectivity index (χ3v) is 4.62. The molecule has 21 heavy (non-hydrogen) atoms. The van der Waals surface area contributed by atoms with Gasteiger partial charge >= 0.3 is 0 Å². The maximum Gasteiger partial charge on any atom is 0.175 e. The van der Waals surface area contributed by atoms with Gasteiger partial charge in [0.15, 0.2) is 5.78 Å². The third-order valence-electron chi connectivity index (χ3n) is 3.16. The number of hydrogen-bond donors (Lipinski definition) is 0. The van der Waals surface area contributed by atoms with Crippen molar-refractivity contribution in [3.8, 4) is 5.75 Å². The van der Waals surface area contributed by atoms with Crippen LogP contribution in [0.5, 0.6) is 5.75 Å². The normalized spacial score (nSPS) is 12.0. The summed E-state index contributed by atoms with van der Waals surface area (Å²) in [6, 6.07) is 14.9. The van der Waals surface area contributed by atoms with Crippen molar-refractivity contribution in [2.45, 2.75) is 17.9 Å². The van der Waals surface area contributed by atoms with Crippen LogP contribution in [0.2, 0.25) is 5.02 Å². The van der Waals surface area contributed by atoms with Gasteiger partial charge in [-0.2, -0.15) is 0 Å². The van der Waals surface area contributed by atoms with E-state index in [1.165, 1.54) is 5.56 Å². The number of ketones is 1. The average Bonchev–Trinajstić information content (AvgIpc) is 2.53. The van der Waals surface area contributed by atoms with Crippen LogP contribution < -0.4 is 4.74 Å². The molecular weight excluding hydrogens is 304 g/mol. The molecule has 0 aliphatic rings. The first-order valence-electron chi connectivity index (χ1n) is 6.64. The van der Waals surface area contributed by atoms with E-state index >= 15 is 0 Å². The molecule has 0 fully saturated rings. The van der Waals surface area contributed by atoms with E-state index in [2.05, 4.69) is 0 Å². The monoisotopic (exact) mass is 320 g/mol. The molecular formula is C17H17ClO2S. The topological polar surface area (TPSA) is 26.3 Å². The minimum atomic E-state index is -0.0888. The summed E-state index contributed by atoms with van der Waals surface area (Å²) >= 11 is 7.48. The molecule has 0 saturated heterocycles. The summed E-state index contributed by atoms with van der Waals surface area (Å²) in [5.74, 6) is 1.69. The third kappa shape index (κ3) is 4.51. The molecule has 0 bridgehead atoms. The molecule has 1 atom stereocenters. The van der Waals surface area contributed by atoms with Gasteiger partial charge in [0.1, 0.15) is 5.75 Å². The van der Waals surface area contributed by atoms with Crippen LogP contribution in [-0.2, 0) is 5.75 Å². The lowest BCUT2D eigenvalue weighted by Gasteiger charge is -2.11. The Bertz CT molecular complexity index is 593. The molecule has 0 aliphatic carbocycles. The zero-order chi connectivity index (χ0) is 15.2. The molecule has 2 aromatic carbocycles. The van der Waals surface area contributed by atoms with Crippen molar-refractivity contribution in [2.75, 3.05) is 7.11 Å². The Morgan fingerprint density at radius 3 is 2.33 bits per heavy atom. The van der Waals surface area contributed by atoms with Gasteiger partial charge in [-0.25, -0.2) is 0 Å². The molecule has 4 heteroatoms. The number of hydrogen-bond acceptors (Lipinski definition) is 3. The van der Waals surface area contributed by atoms with E-state index < -0.39 is 0 Å². The second-order valence-electron chi connectivity index (χ2n) is 4.67. The Morgan fingerprint density at radius 1 is 1.14 bits per heavy atom. The second kappa shape index (κ2) is 7.53. The maximum absolute atomic E-state index is 12.3. The summed E-state index contributed by atoms with van der Waals surface area (Å²) in [7, 11) is 1.61. The van der Waals surface area contributed by atoms with Gasteiger partial charge in [0.25, 0.3) is 0 Å². The van der Waals surface area contributed by atoms with Gasteiger partial charge in [-0.05, 0) is 48.9 Å². The summed E-state index contributed by atoms with van der Waals surface area (Å²) in [5, 5.41) is 0.639. The summed E-state index contributed by atoms with van der Waals surface area (Å²) in [5.41, 5.74) is 1.88. The van der Waals surface area contributed by atoms with E-state index in [9.17, 15) is 4.79 Å². The van der Waals surface area contributed by atoms with Gasteiger partial charge in [0.05, 0.1) is 12.4 Å². The highest BCUT2D eigenvalue weighted by atomic mass is 35.5. The lowest BCUT2D eigenvalue weighted by Crippen LogP contribution is -2.13. The minimum absolute atomic E-state index is 0.0888. The summed E-state index contributed by atoms with van der Waals surface area (Å²) in [6.45, 7) is 1.94. The Kier molecular flexibility index (Phi) is 5.71. The lowest BCUT2D eigenvalue weighted by molar-refractivity contribution is 0.0994. The van der Waals surface area contributed by atoms with Crippen molar-refractivity contribution in [3.63, 3.8) is 0 Å². The predicted molar refractivity (Wildman–Crippen MR) is 89.5 cm³/mol. The van der Waals surface area contributed by atoms with Crippen molar-refractivity contribution < 1.29 is 9.53 Å². The van der Waals surface area contributed by atoms with Crippen molar-refractivity contribution in [1.82, 2.24) is 0 Å². The molecule has 2 aromatic rings. The Labute approximate surface area is 134 Å². The van der Waals surface area contributed by atoms with E-state index in [0.29, 0.717) is 5.56 Å². The van der Waals surface area contributed by atoms with Gasteiger partial charge in [-0.3, -0.25) is 4.79 Å². The zero-order valence-corrected chi connectivity index (χ0v) is 13.6. The Balaban J connectivity index is 1.93. The molecule has 0 radical (unpaired) electrons. The largest absolute Gasteiger partial charge is 0.497 e. The van der Waals surface area contributed by atoms with Crippen LogP contribution in [-0.4, -0.2) is 18.1 Å². The van der Waals surface area contributed by atoms with E-state index in [-0.39, 0.29) is 11.0 Å². The molecule has 0 heterocycles. The van der Waals surface area contributed by atoms with E-state index in [1.54, 1.807) is 31.0 Å². The molecule has 0 N–H and O–H groups in total. The molecule has 0 aliphatic heterocycles.